The molecule has 2 aromatic rings. The van der Waals surface area contributed by atoms with E-state index in [-0.39, 0.29) is 22.6 Å². The van der Waals surface area contributed by atoms with Crippen LogP contribution in [0, 0.1) is 10.1 Å². The molecule has 150 valence electrons. The first-order valence-electron chi connectivity index (χ1n) is 9.54. The molecule has 0 bridgehead atoms. The van der Waals surface area contributed by atoms with Crippen LogP contribution in [-0.4, -0.2) is 26.4 Å². The highest BCUT2D eigenvalue weighted by Crippen LogP contribution is 2.45. The van der Waals surface area contributed by atoms with Crippen LogP contribution in [0.4, 0.5) is 11.5 Å². The predicted molar refractivity (Wildman–Crippen MR) is 110 cm³/mol. The van der Waals surface area contributed by atoms with Gasteiger partial charge in [0.25, 0.3) is 11.2 Å². The zero-order chi connectivity index (χ0) is 20.5. The van der Waals surface area contributed by atoms with E-state index in [0.29, 0.717) is 47.1 Å². The minimum Gasteiger partial charge on any atom is -0.343 e. The number of thioether (sulfide) groups is 1. The zero-order valence-electron chi connectivity index (χ0n) is 15.9. The van der Waals surface area contributed by atoms with Gasteiger partial charge >= 0.3 is 0 Å². The second-order valence-electron chi connectivity index (χ2n) is 7.02. The smallest absolute Gasteiger partial charge is 0.273 e. The van der Waals surface area contributed by atoms with E-state index in [1.807, 2.05) is 6.92 Å². The molecule has 1 atom stereocenters. The summed E-state index contributed by atoms with van der Waals surface area (Å²) in [6, 6.07) is 6.28. The van der Waals surface area contributed by atoms with Crippen molar-refractivity contribution < 1.29 is 9.72 Å². The number of H-pyrrole nitrogens is 1. The first-order valence-corrected chi connectivity index (χ1v) is 10.5. The fourth-order valence-corrected chi connectivity index (χ4v) is 4.63. The topological polar surface area (TPSA) is 118 Å². The first-order chi connectivity index (χ1) is 14.0. The highest BCUT2D eigenvalue weighted by molar-refractivity contribution is 7.99. The number of nitro benzene ring substituents is 1. The number of carbonyl (C=O) groups is 1. The van der Waals surface area contributed by atoms with Crippen molar-refractivity contribution in [3.63, 3.8) is 0 Å². The van der Waals surface area contributed by atoms with Gasteiger partial charge in [-0.1, -0.05) is 36.9 Å². The molecule has 2 heterocycles. The van der Waals surface area contributed by atoms with Gasteiger partial charge in [-0.15, -0.1) is 0 Å². The fraction of sp³-hybridized carbons (Fsp3) is 0.350. The normalized spacial score (nSPS) is 18.1. The lowest BCUT2D eigenvalue weighted by atomic mass is 9.76. The van der Waals surface area contributed by atoms with E-state index in [0.717, 1.165) is 12.2 Å². The van der Waals surface area contributed by atoms with Crippen molar-refractivity contribution in [2.24, 2.45) is 0 Å². The molecule has 1 aliphatic carbocycles. The highest BCUT2D eigenvalue weighted by atomic mass is 32.2. The Bertz CT molecular complexity index is 1090. The maximum absolute atomic E-state index is 13.0. The highest BCUT2D eigenvalue weighted by Gasteiger charge is 2.40. The minimum absolute atomic E-state index is 0.0867. The second-order valence-corrected chi connectivity index (χ2v) is 8.11. The van der Waals surface area contributed by atoms with Crippen molar-refractivity contribution >= 4 is 29.1 Å². The summed E-state index contributed by atoms with van der Waals surface area (Å²) >= 11 is 1.44. The number of para-hydroxylation sites is 1. The third kappa shape index (κ3) is 3.46. The maximum Gasteiger partial charge on any atom is 0.273 e. The molecule has 0 amide bonds. The number of hydrogen-bond donors (Lipinski definition) is 2. The number of aromatic amines is 1. The first kappa shape index (κ1) is 19.4. The van der Waals surface area contributed by atoms with Gasteiger partial charge in [0.2, 0.25) is 0 Å². The summed E-state index contributed by atoms with van der Waals surface area (Å²) in [6.45, 7) is 2.04. The molecule has 1 aliphatic heterocycles. The number of ketones is 1. The van der Waals surface area contributed by atoms with Crippen LogP contribution >= 0.6 is 11.8 Å². The van der Waals surface area contributed by atoms with Gasteiger partial charge in [-0.3, -0.25) is 19.7 Å². The van der Waals surface area contributed by atoms with Gasteiger partial charge in [-0.25, -0.2) is 4.98 Å². The summed E-state index contributed by atoms with van der Waals surface area (Å²) < 4.78 is 0. The summed E-state index contributed by atoms with van der Waals surface area (Å²) in [7, 11) is 0. The van der Waals surface area contributed by atoms with Crippen molar-refractivity contribution in [1.29, 1.82) is 0 Å². The molecular formula is C20H20N4O4S. The lowest BCUT2D eigenvalue weighted by Gasteiger charge is -2.32. The number of benzene rings is 1. The number of aromatic nitrogens is 2. The molecule has 29 heavy (non-hydrogen) atoms. The molecule has 0 radical (unpaired) electrons. The Labute approximate surface area is 171 Å². The van der Waals surface area contributed by atoms with Crippen LogP contribution in [0.25, 0.3) is 0 Å². The summed E-state index contributed by atoms with van der Waals surface area (Å²) in [4.78, 5) is 44.4. The molecule has 0 saturated carbocycles. The van der Waals surface area contributed by atoms with Gasteiger partial charge in [-0.2, -0.15) is 0 Å². The largest absolute Gasteiger partial charge is 0.343 e. The van der Waals surface area contributed by atoms with Crippen LogP contribution in [0.5, 0.6) is 0 Å². The molecule has 0 fully saturated rings. The maximum atomic E-state index is 13.0. The molecule has 9 heteroatoms. The Hall–Kier alpha value is -2.94. The Balaban J connectivity index is 1.96. The number of hydrogen-bond acceptors (Lipinski definition) is 7. The number of nitrogens with one attached hydrogen (secondary N) is 2. The molecule has 8 nitrogen and oxygen atoms in total. The Morgan fingerprint density at radius 1 is 1.28 bits per heavy atom. The predicted octanol–water partition coefficient (Wildman–Crippen LogP) is 3.74. The molecule has 0 spiro atoms. The number of anilines is 1. The van der Waals surface area contributed by atoms with Gasteiger partial charge in [0, 0.05) is 35.1 Å². The van der Waals surface area contributed by atoms with Crippen molar-refractivity contribution in [1.82, 2.24) is 9.97 Å². The van der Waals surface area contributed by atoms with E-state index in [4.69, 9.17) is 0 Å². The van der Waals surface area contributed by atoms with E-state index in [1.165, 1.54) is 17.8 Å². The van der Waals surface area contributed by atoms with Gasteiger partial charge in [0.1, 0.15) is 5.82 Å². The fourth-order valence-electron chi connectivity index (χ4n) is 3.92. The van der Waals surface area contributed by atoms with Crippen LogP contribution in [0.3, 0.4) is 0 Å². The molecule has 2 aliphatic rings. The lowest BCUT2D eigenvalue weighted by molar-refractivity contribution is -0.385. The molecule has 1 unspecified atom stereocenters. The van der Waals surface area contributed by atoms with E-state index in [2.05, 4.69) is 15.3 Å². The van der Waals surface area contributed by atoms with Gasteiger partial charge in [-0.05, 0) is 19.3 Å². The molecule has 2 N–H and O–H groups in total. The Morgan fingerprint density at radius 2 is 2.07 bits per heavy atom. The molecule has 4 rings (SSSR count). The number of allylic oxidation sites excluding steroid dienone is 2. The number of rotatable bonds is 5. The number of fused-ring (bicyclic) bond motifs is 1. The van der Waals surface area contributed by atoms with E-state index < -0.39 is 10.8 Å². The second kappa shape index (κ2) is 7.82. The number of carbonyl (C=O) groups excluding carboxylic acids is 1. The lowest BCUT2D eigenvalue weighted by Crippen LogP contribution is -2.33. The summed E-state index contributed by atoms with van der Waals surface area (Å²) in [5.41, 5.74) is 1.26. The summed E-state index contributed by atoms with van der Waals surface area (Å²) in [6.07, 6.45) is 2.64. The van der Waals surface area contributed by atoms with Crippen molar-refractivity contribution in [2.45, 2.75) is 43.7 Å². The summed E-state index contributed by atoms with van der Waals surface area (Å²) in [5, 5.41) is 15.3. The standard InChI is InChI=1S/C20H20N4O4S/c1-2-10-29-20-22-18-17(19(26)23-20)15(11-6-3-4-8-13(11)24(27)28)16-12(21-18)7-5-9-14(16)25/h3-4,6,8,15H,2,5,7,9-10H2,1H3,(H2,21,22,23,26). The average Bonchev–Trinajstić information content (AvgIpc) is 2.71. The number of nitro groups is 1. The van der Waals surface area contributed by atoms with Crippen molar-refractivity contribution in [2.75, 3.05) is 11.1 Å². The molecule has 0 saturated heterocycles. The number of nitrogens with zero attached hydrogens (tertiary/aromatic N) is 2. The Kier molecular flexibility index (Phi) is 5.23. The van der Waals surface area contributed by atoms with Crippen LogP contribution in [-0.2, 0) is 4.79 Å². The van der Waals surface area contributed by atoms with Crippen LogP contribution in [0.15, 0.2) is 45.5 Å². The SMILES string of the molecule is CCCSc1nc2c(c(=O)[nH]1)C(c1ccccc1[N+](=O)[O-])C1=C(CCCC1=O)N2. The van der Waals surface area contributed by atoms with Crippen LogP contribution in [0.2, 0.25) is 0 Å². The van der Waals surface area contributed by atoms with E-state index >= 15 is 0 Å². The number of Topliss-reactive ketones (excluding diaryl/α,β-unsaturated/α-hetero) is 1. The third-order valence-electron chi connectivity index (χ3n) is 5.12. The van der Waals surface area contributed by atoms with Crippen molar-refractivity contribution in [3.05, 3.63) is 67.1 Å². The van der Waals surface area contributed by atoms with E-state index in [9.17, 15) is 19.7 Å². The molecular weight excluding hydrogens is 392 g/mol. The zero-order valence-corrected chi connectivity index (χ0v) is 16.7. The average molecular weight is 412 g/mol. The quantitative estimate of drug-likeness (QED) is 0.332. The van der Waals surface area contributed by atoms with Crippen LogP contribution < -0.4 is 10.9 Å². The van der Waals surface area contributed by atoms with E-state index in [1.54, 1.807) is 18.2 Å². The van der Waals surface area contributed by atoms with Gasteiger partial charge < -0.3 is 10.3 Å². The third-order valence-corrected chi connectivity index (χ3v) is 6.20. The van der Waals surface area contributed by atoms with Crippen molar-refractivity contribution in [3.8, 4) is 0 Å². The summed E-state index contributed by atoms with van der Waals surface area (Å²) in [5.74, 6) is 0.291. The van der Waals surface area contributed by atoms with Crippen LogP contribution in [0.1, 0.15) is 49.7 Å². The molecule has 1 aromatic heterocycles. The van der Waals surface area contributed by atoms with Gasteiger partial charge in [0.05, 0.1) is 16.4 Å². The molecule has 1 aromatic carbocycles. The van der Waals surface area contributed by atoms with Gasteiger partial charge in [0.15, 0.2) is 10.9 Å². The monoisotopic (exact) mass is 412 g/mol. The minimum atomic E-state index is -0.808. The Morgan fingerprint density at radius 3 is 2.83 bits per heavy atom.